The van der Waals surface area contributed by atoms with E-state index in [1.165, 1.54) is 13.1 Å². The Labute approximate surface area is 231 Å². The summed E-state index contributed by atoms with van der Waals surface area (Å²) in [6.45, 7) is 0. The van der Waals surface area contributed by atoms with E-state index in [-0.39, 0.29) is 24.8 Å². The standard InChI is InChI=1S/4C6H5.C5H5.C4H4P.2ClH.Zr/c4*1-2-4-6-5-3-1;2*1-2-4-5-3-1;;;/h4*1-5H;1-3H,4H2;1-3,5H;2*1H;. The molecule has 0 bridgehead atoms. The molecular formula is C33H31Cl2PZr. The van der Waals surface area contributed by atoms with Crippen molar-refractivity contribution in [3.8, 4) is 0 Å². The Kier molecular flexibility index (Phi) is 7.77. The third-order valence-corrected chi connectivity index (χ3v) is 40.5. The monoisotopic (exact) mass is 618 g/mol. The number of hydrogen-bond donors (Lipinski definition) is 0. The molecule has 0 amide bonds. The third kappa shape index (κ3) is 3.13. The summed E-state index contributed by atoms with van der Waals surface area (Å²) >= 11 is -5.57. The summed E-state index contributed by atoms with van der Waals surface area (Å²) in [6, 6.07) is 50.7. The zero-order valence-corrected chi connectivity index (χ0v) is 25.6. The second-order valence-corrected chi connectivity index (χ2v) is 29.9. The average Bonchev–Trinajstić information content (AvgIpc) is 3.70. The smallest absolute Gasteiger partial charge is 0.147 e. The van der Waals surface area contributed by atoms with Gasteiger partial charge in [-0.1, -0.05) is 0 Å². The van der Waals surface area contributed by atoms with Gasteiger partial charge >= 0.3 is 209 Å². The summed E-state index contributed by atoms with van der Waals surface area (Å²) in [5, 5.41) is 0. The van der Waals surface area contributed by atoms with Crippen molar-refractivity contribution in [3.63, 3.8) is 0 Å². The molecule has 4 aromatic carbocycles. The predicted octanol–water partition coefficient (Wildman–Crippen LogP) is 6.56. The second kappa shape index (κ2) is 10.4. The molecule has 1 heterocycles. The van der Waals surface area contributed by atoms with Gasteiger partial charge in [0, 0.05) is 0 Å². The maximum absolute atomic E-state index is 5.57. The topological polar surface area (TPSA) is 0 Å². The molecule has 0 N–H and O–H groups in total. The molecule has 1 aliphatic carbocycles. The van der Waals surface area contributed by atoms with E-state index in [9.17, 15) is 0 Å². The summed E-state index contributed by atoms with van der Waals surface area (Å²) < 4.78 is 8.95. The first kappa shape index (κ1) is 27.6. The number of hydrogen-bond acceptors (Lipinski definition) is 0. The van der Waals surface area contributed by atoms with E-state index in [4.69, 9.17) is 0 Å². The third-order valence-electron chi connectivity index (χ3n) is 8.83. The van der Waals surface area contributed by atoms with Crippen molar-refractivity contribution in [2.24, 2.45) is 0 Å². The number of allylic oxidation sites excluding steroid dienone is 4. The SMILES string of the molecule is C1=CC[C]([Zr]([c]2ccccc2)([c]2ccccc2)([c]2ccccc2)([c]2ccccc2)[c]2ccc[pH]2)=C1.Cl.Cl. The van der Waals surface area contributed by atoms with Crippen LogP contribution < -0.4 is 16.1 Å². The Morgan fingerprint density at radius 1 is 0.486 bits per heavy atom. The fraction of sp³-hybridized carbons (Fsp3) is 0.0303. The van der Waals surface area contributed by atoms with Gasteiger partial charge in [-0.05, 0) is 0 Å². The summed E-state index contributed by atoms with van der Waals surface area (Å²) in [6.07, 6.45) is 8.05. The summed E-state index contributed by atoms with van der Waals surface area (Å²) in [5.41, 5.74) is 0. The van der Waals surface area contributed by atoms with E-state index in [2.05, 4.69) is 157 Å². The van der Waals surface area contributed by atoms with Crippen molar-refractivity contribution < 1.29 is 17.3 Å². The van der Waals surface area contributed by atoms with Crippen molar-refractivity contribution in [2.75, 3.05) is 0 Å². The Morgan fingerprint density at radius 2 is 0.892 bits per heavy atom. The Balaban J connectivity index is 0.00000160. The van der Waals surface area contributed by atoms with Gasteiger partial charge in [0.25, 0.3) is 0 Å². The molecule has 186 valence electrons. The van der Waals surface area contributed by atoms with E-state index >= 15 is 0 Å². The molecular weight excluding hydrogens is 589 g/mol. The zero-order chi connectivity index (χ0) is 23.7. The van der Waals surface area contributed by atoms with Gasteiger partial charge < -0.3 is 0 Å². The van der Waals surface area contributed by atoms with E-state index in [1.54, 1.807) is 6.28 Å². The zero-order valence-electron chi connectivity index (χ0n) is 20.5. The molecule has 6 rings (SSSR count). The van der Waals surface area contributed by atoms with Crippen molar-refractivity contribution in [2.45, 2.75) is 6.42 Å². The molecule has 1 atom stereocenters. The van der Waals surface area contributed by atoms with Crippen LogP contribution in [-0.2, 0) is 17.3 Å². The van der Waals surface area contributed by atoms with Crippen molar-refractivity contribution >= 4 is 49.1 Å². The Hall–Kier alpha value is -2.40. The van der Waals surface area contributed by atoms with Gasteiger partial charge in [-0.25, -0.2) is 0 Å². The summed E-state index contributed by atoms with van der Waals surface area (Å²) in [5.74, 6) is 2.38. The maximum Gasteiger partial charge on any atom is -0.147 e. The number of benzene rings is 4. The van der Waals surface area contributed by atoms with Crippen molar-refractivity contribution in [1.29, 1.82) is 0 Å². The molecule has 0 fully saturated rings. The van der Waals surface area contributed by atoms with Gasteiger partial charge in [0.05, 0.1) is 0 Å². The molecule has 0 saturated heterocycles. The fourth-order valence-electron chi connectivity index (χ4n) is 7.59. The molecule has 0 radical (unpaired) electrons. The van der Waals surface area contributed by atoms with E-state index in [0.29, 0.717) is 8.19 Å². The minimum atomic E-state index is -5.57. The van der Waals surface area contributed by atoms with Crippen LogP contribution in [0.25, 0.3) is 0 Å². The maximum atomic E-state index is 2.47. The molecule has 5 aromatic rings. The summed E-state index contributed by atoms with van der Waals surface area (Å²) in [4.78, 5) is 0. The van der Waals surface area contributed by atoms with Gasteiger partial charge in [0.15, 0.2) is 0 Å². The average molecular weight is 621 g/mol. The van der Waals surface area contributed by atoms with Crippen LogP contribution in [0, 0.1) is 0 Å². The number of halogens is 2. The molecule has 0 spiro atoms. The predicted molar refractivity (Wildman–Crippen MR) is 166 cm³/mol. The molecule has 1 unspecified atom stereocenters. The van der Waals surface area contributed by atoms with Crippen LogP contribution >= 0.6 is 33.0 Å². The van der Waals surface area contributed by atoms with Crippen LogP contribution in [0.1, 0.15) is 6.42 Å². The molecule has 0 aliphatic heterocycles. The van der Waals surface area contributed by atoms with E-state index < -0.39 is 17.3 Å². The fourth-order valence-corrected chi connectivity index (χ4v) is 42.8. The molecule has 4 heteroatoms. The molecule has 37 heavy (non-hydrogen) atoms. The van der Waals surface area contributed by atoms with Crippen molar-refractivity contribution in [3.05, 3.63) is 161 Å². The van der Waals surface area contributed by atoms with E-state index in [0.717, 1.165) is 6.42 Å². The Bertz CT molecular complexity index is 1350. The first-order valence-corrected chi connectivity index (χ1v) is 20.8. The molecule has 1 aliphatic rings. The van der Waals surface area contributed by atoms with E-state index in [1.807, 2.05) is 0 Å². The molecule has 1 aromatic heterocycles. The minimum Gasteiger partial charge on any atom is -0.147 e. The summed E-state index contributed by atoms with van der Waals surface area (Å²) in [7, 11) is 0.624. The van der Waals surface area contributed by atoms with Crippen LogP contribution in [-0.4, -0.2) is 0 Å². The molecule has 0 nitrogen and oxygen atoms in total. The first-order valence-electron chi connectivity index (χ1n) is 12.4. The normalized spacial score (nSPS) is 14.6. The van der Waals surface area contributed by atoms with Crippen LogP contribution in [0.2, 0.25) is 0 Å². The largest absolute Gasteiger partial charge is 0.147 e. The van der Waals surface area contributed by atoms with Gasteiger partial charge in [0.2, 0.25) is 0 Å². The van der Waals surface area contributed by atoms with Gasteiger partial charge in [-0.3, -0.25) is 0 Å². The second-order valence-electron chi connectivity index (χ2n) is 9.75. The number of rotatable bonds is 6. The first-order chi connectivity index (χ1) is 17.3. The van der Waals surface area contributed by atoms with Gasteiger partial charge in [-0.15, -0.1) is 24.8 Å². The van der Waals surface area contributed by atoms with Crippen LogP contribution in [0.15, 0.2) is 161 Å². The Morgan fingerprint density at radius 3 is 1.19 bits per heavy atom. The van der Waals surface area contributed by atoms with Crippen LogP contribution in [0.5, 0.6) is 0 Å². The van der Waals surface area contributed by atoms with Crippen molar-refractivity contribution in [1.82, 2.24) is 0 Å². The quantitative estimate of drug-likeness (QED) is 0.202. The molecule has 0 saturated carbocycles. The van der Waals surface area contributed by atoms with Crippen LogP contribution in [0.3, 0.4) is 0 Å². The minimum absolute atomic E-state index is 0. The van der Waals surface area contributed by atoms with Gasteiger partial charge in [-0.2, -0.15) is 0 Å². The van der Waals surface area contributed by atoms with Gasteiger partial charge in [0.1, 0.15) is 0 Å². The van der Waals surface area contributed by atoms with Crippen LogP contribution in [0.4, 0.5) is 0 Å².